The van der Waals surface area contributed by atoms with E-state index in [1.54, 1.807) is 24.3 Å². The molecular formula is C12H15F3N2O2. The third-order valence-corrected chi connectivity index (χ3v) is 2.46. The quantitative estimate of drug-likeness (QED) is 0.827. The number of primary amides is 1. The van der Waals surface area contributed by atoms with Gasteiger partial charge in [-0.3, -0.25) is 10.1 Å². The first-order valence-corrected chi connectivity index (χ1v) is 5.51. The number of rotatable bonds is 6. The van der Waals surface area contributed by atoms with Crippen molar-refractivity contribution in [1.29, 1.82) is 0 Å². The van der Waals surface area contributed by atoms with Crippen molar-refractivity contribution in [2.75, 3.05) is 13.7 Å². The smallest absolute Gasteiger partial charge is 0.380 e. The second-order valence-corrected chi connectivity index (χ2v) is 3.96. The minimum atomic E-state index is -4.41. The van der Waals surface area contributed by atoms with E-state index in [4.69, 9.17) is 10.5 Å². The first-order valence-electron chi connectivity index (χ1n) is 5.51. The maximum atomic E-state index is 12.2. The lowest BCUT2D eigenvalue weighted by atomic mass is 10.00. The first-order chi connectivity index (χ1) is 8.85. The molecule has 1 rings (SSSR count). The van der Waals surface area contributed by atoms with E-state index in [-0.39, 0.29) is 6.61 Å². The summed E-state index contributed by atoms with van der Waals surface area (Å²) in [6.07, 6.45) is -4.41. The molecule has 0 saturated carbocycles. The van der Waals surface area contributed by atoms with Crippen LogP contribution in [-0.2, 0) is 16.1 Å². The number of ether oxygens (including phenoxy) is 1. The molecule has 1 aromatic rings. The van der Waals surface area contributed by atoms with Gasteiger partial charge in [0.05, 0.1) is 13.2 Å². The maximum Gasteiger partial charge on any atom is 0.401 e. The summed E-state index contributed by atoms with van der Waals surface area (Å²) in [4.78, 5) is 11.3. The van der Waals surface area contributed by atoms with E-state index in [1.165, 1.54) is 7.11 Å². The molecule has 106 valence electrons. The van der Waals surface area contributed by atoms with Crippen molar-refractivity contribution in [1.82, 2.24) is 5.32 Å². The molecule has 0 heterocycles. The molecule has 0 spiro atoms. The van der Waals surface area contributed by atoms with Crippen LogP contribution in [0.4, 0.5) is 13.2 Å². The standard InChI is InChI=1S/C12H15F3N2O2/c1-19-6-8-4-2-3-5-9(8)10(11(16)18)17-7-12(13,14)15/h2-5,10,17H,6-7H2,1H3,(H2,16,18). The second-order valence-electron chi connectivity index (χ2n) is 3.96. The SMILES string of the molecule is COCc1ccccc1C(NCC(F)(F)F)C(N)=O. The van der Waals surface area contributed by atoms with E-state index in [9.17, 15) is 18.0 Å². The number of carbonyl (C=O) groups is 1. The highest BCUT2D eigenvalue weighted by atomic mass is 19.4. The molecule has 0 aromatic heterocycles. The molecule has 0 radical (unpaired) electrons. The van der Waals surface area contributed by atoms with E-state index in [0.29, 0.717) is 11.1 Å². The molecule has 1 amide bonds. The summed E-state index contributed by atoms with van der Waals surface area (Å²) >= 11 is 0. The van der Waals surface area contributed by atoms with Crippen LogP contribution in [-0.4, -0.2) is 25.7 Å². The molecule has 3 N–H and O–H groups in total. The molecule has 0 aliphatic carbocycles. The summed E-state index contributed by atoms with van der Waals surface area (Å²) < 4.78 is 41.6. The van der Waals surface area contributed by atoms with Crippen LogP contribution in [0.1, 0.15) is 17.2 Å². The lowest BCUT2D eigenvalue weighted by Crippen LogP contribution is -2.39. The number of alkyl halides is 3. The Labute approximate surface area is 108 Å². The normalized spacial score (nSPS) is 13.3. The lowest BCUT2D eigenvalue weighted by Gasteiger charge is -2.19. The van der Waals surface area contributed by atoms with Gasteiger partial charge in [-0.05, 0) is 11.1 Å². The maximum absolute atomic E-state index is 12.2. The Bertz CT molecular complexity index is 435. The Morgan fingerprint density at radius 2 is 2.05 bits per heavy atom. The number of amides is 1. The van der Waals surface area contributed by atoms with Gasteiger partial charge in [0, 0.05) is 7.11 Å². The van der Waals surface area contributed by atoms with Crippen LogP contribution in [0.25, 0.3) is 0 Å². The Balaban J connectivity index is 2.96. The zero-order chi connectivity index (χ0) is 14.5. The van der Waals surface area contributed by atoms with Crippen LogP contribution < -0.4 is 11.1 Å². The Hall–Kier alpha value is -1.60. The Morgan fingerprint density at radius 3 is 2.58 bits per heavy atom. The molecule has 7 heteroatoms. The van der Waals surface area contributed by atoms with Crippen LogP contribution in [0.15, 0.2) is 24.3 Å². The van der Waals surface area contributed by atoms with Gasteiger partial charge in [0.1, 0.15) is 6.04 Å². The van der Waals surface area contributed by atoms with E-state index >= 15 is 0 Å². The number of benzene rings is 1. The minimum Gasteiger partial charge on any atom is -0.380 e. The highest BCUT2D eigenvalue weighted by Crippen LogP contribution is 2.21. The van der Waals surface area contributed by atoms with Gasteiger partial charge in [0.2, 0.25) is 5.91 Å². The molecule has 0 saturated heterocycles. The topological polar surface area (TPSA) is 64.3 Å². The van der Waals surface area contributed by atoms with Gasteiger partial charge in [-0.25, -0.2) is 0 Å². The molecular weight excluding hydrogens is 261 g/mol. The van der Waals surface area contributed by atoms with Gasteiger partial charge in [-0.2, -0.15) is 13.2 Å². The molecule has 0 fully saturated rings. The fraction of sp³-hybridized carbons (Fsp3) is 0.417. The summed E-state index contributed by atoms with van der Waals surface area (Å²) in [7, 11) is 1.46. The molecule has 4 nitrogen and oxygen atoms in total. The van der Waals surface area contributed by atoms with Gasteiger partial charge in [-0.1, -0.05) is 24.3 Å². The molecule has 19 heavy (non-hydrogen) atoms. The number of hydrogen-bond acceptors (Lipinski definition) is 3. The van der Waals surface area contributed by atoms with Crippen LogP contribution in [0.3, 0.4) is 0 Å². The van der Waals surface area contributed by atoms with Crippen molar-refractivity contribution in [3.8, 4) is 0 Å². The monoisotopic (exact) mass is 276 g/mol. The number of hydrogen-bond donors (Lipinski definition) is 2. The van der Waals surface area contributed by atoms with E-state index in [1.807, 2.05) is 0 Å². The first kappa shape index (κ1) is 15.5. The van der Waals surface area contributed by atoms with Crippen molar-refractivity contribution >= 4 is 5.91 Å². The van der Waals surface area contributed by atoms with Crippen LogP contribution in [0, 0.1) is 0 Å². The fourth-order valence-corrected chi connectivity index (χ4v) is 1.68. The van der Waals surface area contributed by atoms with E-state index < -0.39 is 24.7 Å². The molecule has 1 unspecified atom stereocenters. The predicted molar refractivity (Wildman–Crippen MR) is 63.1 cm³/mol. The van der Waals surface area contributed by atoms with Gasteiger partial charge in [0.15, 0.2) is 0 Å². The molecule has 1 aromatic carbocycles. The number of nitrogens with two attached hydrogens (primary N) is 1. The average Bonchev–Trinajstić information content (AvgIpc) is 2.30. The number of methoxy groups -OCH3 is 1. The van der Waals surface area contributed by atoms with Gasteiger partial charge < -0.3 is 10.5 Å². The third kappa shape index (κ3) is 4.88. The largest absolute Gasteiger partial charge is 0.401 e. The summed E-state index contributed by atoms with van der Waals surface area (Å²) in [5.41, 5.74) is 6.16. The third-order valence-electron chi connectivity index (χ3n) is 2.46. The highest BCUT2D eigenvalue weighted by molar-refractivity contribution is 5.81. The fourth-order valence-electron chi connectivity index (χ4n) is 1.68. The Kier molecular flexibility index (Phi) is 5.31. The van der Waals surface area contributed by atoms with Gasteiger partial charge in [-0.15, -0.1) is 0 Å². The number of carbonyl (C=O) groups excluding carboxylic acids is 1. The zero-order valence-corrected chi connectivity index (χ0v) is 10.3. The van der Waals surface area contributed by atoms with Crippen molar-refractivity contribution in [2.45, 2.75) is 18.8 Å². The van der Waals surface area contributed by atoms with Crippen LogP contribution >= 0.6 is 0 Å². The van der Waals surface area contributed by atoms with Crippen molar-refractivity contribution in [2.24, 2.45) is 5.73 Å². The minimum absolute atomic E-state index is 0.188. The molecule has 0 aliphatic heterocycles. The molecule has 1 atom stereocenters. The van der Waals surface area contributed by atoms with Crippen molar-refractivity contribution < 1.29 is 22.7 Å². The van der Waals surface area contributed by atoms with Gasteiger partial charge >= 0.3 is 6.18 Å². The van der Waals surface area contributed by atoms with Crippen LogP contribution in [0.2, 0.25) is 0 Å². The average molecular weight is 276 g/mol. The van der Waals surface area contributed by atoms with Crippen molar-refractivity contribution in [3.05, 3.63) is 35.4 Å². The summed E-state index contributed by atoms with van der Waals surface area (Å²) in [6.45, 7) is -1.10. The summed E-state index contributed by atoms with van der Waals surface area (Å²) in [6, 6.07) is 5.35. The Morgan fingerprint density at radius 1 is 1.42 bits per heavy atom. The van der Waals surface area contributed by atoms with Crippen LogP contribution in [0.5, 0.6) is 0 Å². The number of nitrogens with one attached hydrogen (secondary N) is 1. The second kappa shape index (κ2) is 6.53. The zero-order valence-electron chi connectivity index (χ0n) is 10.3. The number of halogens is 3. The van der Waals surface area contributed by atoms with Gasteiger partial charge in [0.25, 0.3) is 0 Å². The molecule has 0 aliphatic rings. The summed E-state index contributed by atoms with van der Waals surface area (Å²) in [5.74, 6) is -0.868. The lowest BCUT2D eigenvalue weighted by molar-refractivity contribution is -0.130. The van der Waals surface area contributed by atoms with Crippen molar-refractivity contribution in [3.63, 3.8) is 0 Å². The summed E-state index contributed by atoms with van der Waals surface area (Å²) in [5, 5.41) is 2.12. The van der Waals surface area contributed by atoms with E-state index in [0.717, 1.165) is 0 Å². The molecule has 0 bridgehead atoms. The highest BCUT2D eigenvalue weighted by Gasteiger charge is 2.30. The van der Waals surface area contributed by atoms with E-state index in [2.05, 4.69) is 5.32 Å². The predicted octanol–water partition coefficient (Wildman–Crippen LogP) is 1.51.